The Kier molecular flexibility index (Phi) is 3.36. The number of methoxy groups -OCH3 is 1. The van der Waals surface area contributed by atoms with Gasteiger partial charge in [-0.15, -0.1) is 0 Å². The molecule has 0 aromatic heterocycles. The molecule has 0 saturated carbocycles. The van der Waals surface area contributed by atoms with E-state index >= 15 is 0 Å². The maximum Gasteiger partial charge on any atom is 0.0681 e. The first kappa shape index (κ1) is 10.6. The van der Waals surface area contributed by atoms with Gasteiger partial charge in [0, 0.05) is 26.7 Å². The molecule has 0 fully saturated rings. The maximum atomic E-state index is 9.04. The molecule has 0 bridgehead atoms. The molecule has 1 N–H and O–H groups in total. The Morgan fingerprint density at radius 2 is 2.13 bits per heavy atom. The van der Waals surface area contributed by atoms with Gasteiger partial charge in [-0.25, -0.2) is 0 Å². The van der Waals surface area contributed by atoms with Crippen molar-refractivity contribution in [3.63, 3.8) is 0 Å². The number of rotatable bonds is 4. The van der Waals surface area contributed by atoms with Crippen molar-refractivity contribution < 1.29 is 9.84 Å². The molecule has 0 amide bonds. The molecule has 0 atom stereocenters. The fourth-order valence-corrected chi connectivity index (χ4v) is 2.00. The van der Waals surface area contributed by atoms with Gasteiger partial charge in [0.15, 0.2) is 0 Å². The highest BCUT2D eigenvalue weighted by Crippen LogP contribution is 2.23. The number of ether oxygens (including phenoxy) is 1. The van der Waals surface area contributed by atoms with E-state index in [4.69, 9.17) is 9.84 Å². The van der Waals surface area contributed by atoms with E-state index in [1.54, 1.807) is 7.11 Å². The minimum absolute atomic E-state index is 0.130. The molecular formula is C12H17NO2. The fourth-order valence-electron chi connectivity index (χ4n) is 2.00. The fraction of sp³-hybridized carbons (Fsp3) is 0.500. The molecule has 0 radical (unpaired) electrons. The van der Waals surface area contributed by atoms with E-state index in [1.165, 1.54) is 11.1 Å². The van der Waals surface area contributed by atoms with Gasteiger partial charge in [0.25, 0.3) is 0 Å². The summed E-state index contributed by atoms with van der Waals surface area (Å²) in [4.78, 5) is 2.36. The van der Waals surface area contributed by atoms with Crippen LogP contribution in [0.2, 0.25) is 0 Å². The Morgan fingerprint density at radius 3 is 2.87 bits per heavy atom. The Balaban J connectivity index is 2.03. The third-order valence-electron chi connectivity index (χ3n) is 2.85. The number of benzene rings is 1. The zero-order valence-electron chi connectivity index (χ0n) is 9.07. The van der Waals surface area contributed by atoms with E-state index in [-0.39, 0.29) is 6.61 Å². The second-order valence-electron chi connectivity index (χ2n) is 3.96. The maximum absolute atomic E-state index is 9.04. The number of fused-ring (bicyclic) bond motifs is 1. The molecule has 0 saturated heterocycles. The van der Waals surface area contributed by atoms with Crippen LogP contribution in [-0.4, -0.2) is 30.3 Å². The summed E-state index contributed by atoms with van der Waals surface area (Å²) >= 11 is 0. The standard InChI is InChI=1S/C12H17NO2/c1-15-5-4-13-7-11-3-2-10(9-14)6-12(11)8-13/h2-3,6,14H,4-5,7-9H2,1H3. The molecule has 1 aromatic rings. The number of aliphatic hydroxyl groups excluding tert-OH is 1. The van der Waals surface area contributed by atoms with Crippen molar-refractivity contribution in [2.75, 3.05) is 20.3 Å². The molecule has 1 aliphatic heterocycles. The first-order valence-electron chi connectivity index (χ1n) is 5.26. The van der Waals surface area contributed by atoms with Crippen LogP contribution in [0, 0.1) is 0 Å². The topological polar surface area (TPSA) is 32.7 Å². The quantitative estimate of drug-likeness (QED) is 0.803. The summed E-state index contributed by atoms with van der Waals surface area (Å²) < 4.78 is 5.07. The van der Waals surface area contributed by atoms with Crippen LogP contribution in [0.25, 0.3) is 0 Å². The SMILES string of the molecule is COCCN1Cc2ccc(CO)cc2C1. The third-order valence-corrected chi connectivity index (χ3v) is 2.85. The summed E-state index contributed by atoms with van der Waals surface area (Å²) in [5.74, 6) is 0. The Hall–Kier alpha value is -0.900. The minimum atomic E-state index is 0.130. The van der Waals surface area contributed by atoms with Crippen molar-refractivity contribution in [1.29, 1.82) is 0 Å². The third kappa shape index (κ3) is 2.37. The van der Waals surface area contributed by atoms with Crippen molar-refractivity contribution in [2.45, 2.75) is 19.7 Å². The number of hydrogen-bond donors (Lipinski definition) is 1. The molecule has 1 heterocycles. The van der Waals surface area contributed by atoms with Crippen LogP contribution >= 0.6 is 0 Å². The van der Waals surface area contributed by atoms with Crippen molar-refractivity contribution in [3.8, 4) is 0 Å². The van der Waals surface area contributed by atoms with Gasteiger partial charge >= 0.3 is 0 Å². The average Bonchev–Trinajstić information content (AvgIpc) is 2.67. The predicted octanol–water partition coefficient (Wildman–Crippen LogP) is 1.14. The Morgan fingerprint density at radius 1 is 1.33 bits per heavy atom. The van der Waals surface area contributed by atoms with Crippen molar-refractivity contribution in [3.05, 3.63) is 34.9 Å². The lowest BCUT2D eigenvalue weighted by Crippen LogP contribution is -2.21. The molecule has 0 aliphatic carbocycles. The Labute approximate surface area is 90.3 Å². The van der Waals surface area contributed by atoms with E-state index in [1.807, 2.05) is 6.07 Å². The summed E-state index contributed by atoms with van der Waals surface area (Å²) in [5, 5.41) is 9.04. The van der Waals surface area contributed by atoms with E-state index in [9.17, 15) is 0 Å². The Bertz CT molecular complexity index is 338. The average molecular weight is 207 g/mol. The molecule has 1 aromatic carbocycles. The highest BCUT2D eigenvalue weighted by atomic mass is 16.5. The summed E-state index contributed by atoms with van der Waals surface area (Å²) in [6.45, 7) is 3.86. The van der Waals surface area contributed by atoms with Crippen molar-refractivity contribution in [1.82, 2.24) is 4.90 Å². The van der Waals surface area contributed by atoms with Gasteiger partial charge in [-0.1, -0.05) is 18.2 Å². The van der Waals surface area contributed by atoms with Gasteiger partial charge in [-0.3, -0.25) is 4.90 Å². The lowest BCUT2D eigenvalue weighted by atomic mass is 10.1. The summed E-state index contributed by atoms with van der Waals surface area (Å²) in [5.41, 5.74) is 3.73. The van der Waals surface area contributed by atoms with Crippen LogP contribution in [-0.2, 0) is 24.4 Å². The van der Waals surface area contributed by atoms with E-state index in [2.05, 4.69) is 17.0 Å². The summed E-state index contributed by atoms with van der Waals surface area (Å²) in [6, 6.07) is 6.22. The van der Waals surface area contributed by atoms with Crippen LogP contribution in [0.5, 0.6) is 0 Å². The summed E-state index contributed by atoms with van der Waals surface area (Å²) in [6.07, 6.45) is 0. The normalized spacial score (nSPS) is 15.6. The number of nitrogens with zero attached hydrogens (tertiary/aromatic N) is 1. The van der Waals surface area contributed by atoms with Crippen molar-refractivity contribution in [2.24, 2.45) is 0 Å². The molecule has 1 aliphatic rings. The highest BCUT2D eigenvalue weighted by molar-refractivity contribution is 5.34. The highest BCUT2D eigenvalue weighted by Gasteiger charge is 2.18. The summed E-state index contributed by atoms with van der Waals surface area (Å²) in [7, 11) is 1.73. The van der Waals surface area contributed by atoms with Crippen LogP contribution < -0.4 is 0 Å². The minimum Gasteiger partial charge on any atom is -0.392 e. The zero-order chi connectivity index (χ0) is 10.7. The van der Waals surface area contributed by atoms with Gasteiger partial charge in [0.2, 0.25) is 0 Å². The van der Waals surface area contributed by atoms with E-state index in [0.29, 0.717) is 0 Å². The van der Waals surface area contributed by atoms with Gasteiger partial charge in [-0.2, -0.15) is 0 Å². The lowest BCUT2D eigenvalue weighted by molar-refractivity contribution is 0.147. The molecule has 2 rings (SSSR count). The first-order valence-corrected chi connectivity index (χ1v) is 5.26. The lowest BCUT2D eigenvalue weighted by Gasteiger charge is -2.13. The van der Waals surface area contributed by atoms with Crippen LogP contribution in [0.3, 0.4) is 0 Å². The van der Waals surface area contributed by atoms with Gasteiger partial charge < -0.3 is 9.84 Å². The second kappa shape index (κ2) is 4.75. The zero-order valence-corrected chi connectivity index (χ0v) is 9.07. The monoisotopic (exact) mass is 207 g/mol. The van der Waals surface area contributed by atoms with Gasteiger partial charge in [0.05, 0.1) is 13.2 Å². The molecule has 0 unspecified atom stereocenters. The van der Waals surface area contributed by atoms with Gasteiger partial charge in [0.1, 0.15) is 0 Å². The first-order chi connectivity index (χ1) is 7.33. The smallest absolute Gasteiger partial charge is 0.0681 e. The molecule has 3 heteroatoms. The van der Waals surface area contributed by atoms with Crippen molar-refractivity contribution >= 4 is 0 Å². The van der Waals surface area contributed by atoms with Crippen LogP contribution in [0.15, 0.2) is 18.2 Å². The second-order valence-corrected chi connectivity index (χ2v) is 3.96. The number of aliphatic hydroxyl groups is 1. The van der Waals surface area contributed by atoms with Crippen LogP contribution in [0.4, 0.5) is 0 Å². The molecule has 0 spiro atoms. The van der Waals surface area contributed by atoms with Crippen LogP contribution in [0.1, 0.15) is 16.7 Å². The molecular weight excluding hydrogens is 190 g/mol. The molecule has 3 nitrogen and oxygen atoms in total. The largest absolute Gasteiger partial charge is 0.392 e. The number of hydrogen-bond acceptors (Lipinski definition) is 3. The van der Waals surface area contributed by atoms with E-state index in [0.717, 1.165) is 31.8 Å². The van der Waals surface area contributed by atoms with Gasteiger partial charge in [-0.05, 0) is 16.7 Å². The molecule has 82 valence electrons. The van der Waals surface area contributed by atoms with E-state index < -0.39 is 0 Å². The predicted molar refractivity (Wildman–Crippen MR) is 58.4 cm³/mol. The molecule has 15 heavy (non-hydrogen) atoms.